The number of rotatable bonds is 4. The summed E-state index contributed by atoms with van der Waals surface area (Å²) in [4.78, 5) is 0. The monoisotopic (exact) mass is 225 g/mol. The van der Waals surface area contributed by atoms with Gasteiger partial charge in [-0.3, -0.25) is 0 Å². The van der Waals surface area contributed by atoms with Crippen molar-refractivity contribution in [3.8, 4) is 0 Å². The summed E-state index contributed by atoms with van der Waals surface area (Å²) in [6.45, 7) is 12.8. The second kappa shape index (κ2) is 6.05. The Morgan fingerprint density at radius 2 is 1.88 bits per heavy atom. The van der Waals surface area contributed by atoms with Crippen molar-refractivity contribution >= 4 is 0 Å². The molecule has 0 aromatic carbocycles. The maximum atomic E-state index is 3.67. The molecule has 1 aliphatic carbocycles. The van der Waals surface area contributed by atoms with Crippen LogP contribution in [0.15, 0.2) is 0 Å². The van der Waals surface area contributed by atoms with Gasteiger partial charge in [0.05, 0.1) is 0 Å². The summed E-state index contributed by atoms with van der Waals surface area (Å²) in [6, 6.07) is 0. The van der Waals surface area contributed by atoms with Crippen molar-refractivity contribution in [3.05, 3.63) is 0 Å². The molecule has 0 aliphatic heterocycles. The Bertz CT molecular complexity index is 192. The van der Waals surface area contributed by atoms with Crippen LogP contribution in [0.3, 0.4) is 0 Å². The van der Waals surface area contributed by atoms with E-state index in [1.807, 2.05) is 0 Å². The molecule has 96 valence electrons. The Kier molecular flexibility index (Phi) is 5.30. The lowest BCUT2D eigenvalue weighted by Gasteiger charge is -2.36. The van der Waals surface area contributed by atoms with E-state index < -0.39 is 0 Å². The summed E-state index contributed by atoms with van der Waals surface area (Å²) in [6.07, 6.45) is 7.18. The molecule has 0 amide bonds. The smallest absolute Gasteiger partial charge is 0.00966 e. The van der Waals surface area contributed by atoms with Crippen molar-refractivity contribution in [1.82, 2.24) is 5.32 Å². The summed E-state index contributed by atoms with van der Waals surface area (Å²) in [5.74, 6) is 2.85. The fraction of sp³-hybridized carbons (Fsp3) is 1.00. The van der Waals surface area contributed by atoms with E-state index in [1.54, 1.807) is 0 Å². The van der Waals surface area contributed by atoms with Crippen LogP contribution in [0.4, 0.5) is 0 Å². The standard InChI is InChI=1S/C15H31N/c1-6-7-13-8-9-14(12(2)10-13)11-16-15(3,4)5/h12-14,16H,6-11H2,1-5H3. The summed E-state index contributed by atoms with van der Waals surface area (Å²) < 4.78 is 0. The molecule has 3 unspecified atom stereocenters. The third-order valence-corrected chi connectivity index (χ3v) is 4.05. The van der Waals surface area contributed by atoms with E-state index in [0.717, 1.165) is 17.8 Å². The van der Waals surface area contributed by atoms with Crippen LogP contribution >= 0.6 is 0 Å². The molecule has 0 aromatic rings. The third-order valence-electron chi connectivity index (χ3n) is 4.05. The molecular formula is C15H31N. The summed E-state index contributed by atoms with van der Waals surface area (Å²) in [7, 11) is 0. The minimum absolute atomic E-state index is 0.278. The normalized spacial score (nSPS) is 31.7. The minimum atomic E-state index is 0.278. The zero-order valence-corrected chi connectivity index (χ0v) is 12.0. The zero-order chi connectivity index (χ0) is 12.2. The maximum absolute atomic E-state index is 3.67. The highest BCUT2D eigenvalue weighted by molar-refractivity contribution is 4.81. The molecular weight excluding hydrogens is 194 g/mol. The Morgan fingerprint density at radius 3 is 2.38 bits per heavy atom. The number of hydrogen-bond acceptors (Lipinski definition) is 1. The van der Waals surface area contributed by atoms with Gasteiger partial charge < -0.3 is 5.32 Å². The van der Waals surface area contributed by atoms with Crippen LogP contribution in [0.1, 0.15) is 66.7 Å². The molecule has 1 heteroatoms. The van der Waals surface area contributed by atoms with Gasteiger partial charge in [0.2, 0.25) is 0 Å². The molecule has 3 atom stereocenters. The van der Waals surface area contributed by atoms with E-state index in [4.69, 9.17) is 0 Å². The van der Waals surface area contributed by atoms with E-state index in [0.29, 0.717) is 0 Å². The molecule has 1 aliphatic rings. The molecule has 16 heavy (non-hydrogen) atoms. The highest BCUT2D eigenvalue weighted by Gasteiger charge is 2.27. The molecule has 0 spiro atoms. The first-order valence-corrected chi connectivity index (χ1v) is 7.17. The zero-order valence-electron chi connectivity index (χ0n) is 12.0. The van der Waals surface area contributed by atoms with Crippen molar-refractivity contribution in [3.63, 3.8) is 0 Å². The molecule has 0 heterocycles. The van der Waals surface area contributed by atoms with Crippen molar-refractivity contribution in [2.45, 2.75) is 72.3 Å². The molecule has 1 saturated carbocycles. The Labute approximate surface area is 102 Å². The lowest BCUT2D eigenvalue weighted by atomic mass is 9.73. The first-order chi connectivity index (χ1) is 7.42. The first-order valence-electron chi connectivity index (χ1n) is 7.17. The maximum Gasteiger partial charge on any atom is 0.00966 e. The quantitative estimate of drug-likeness (QED) is 0.755. The van der Waals surface area contributed by atoms with Crippen LogP contribution in [0, 0.1) is 17.8 Å². The minimum Gasteiger partial charge on any atom is -0.312 e. The molecule has 0 aromatic heterocycles. The molecule has 0 radical (unpaired) electrons. The van der Waals surface area contributed by atoms with Gasteiger partial charge in [0, 0.05) is 5.54 Å². The van der Waals surface area contributed by atoms with E-state index in [1.165, 1.54) is 38.6 Å². The van der Waals surface area contributed by atoms with Crippen LogP contribution in [-0.4, -0.2) is 12.1 Å². The predicted octanol–water partition coefficient (Wildman–Crippen LogP) is 4.23. The Hall–Kier alpha value is -0.0400. The third kappa shape index (κ3) is 4.86. The molecule has 1 rings (SSSR count). The fourth-order valence-corrected chi connectivity index (χ4v) is 2.98. The van der Waals surface area contributed by atoms with Gasteiger partial charge in [-0.05, 0) is 57.9 Å². The second-order valence-corrected chi connectivity index (χ2v) is 6.84. The van der Waals surface area contributed by atoms with Crippen LogP contribution in [0.5, 0.6) is 0 Å². The number of nitrogens with one attached hydrogen (secondary N) is 1. The van der Waals surface area contributed by atoms with Crippen LogP contribution in [0.2, 0.25) is 0 Å². The van der Waals surface area contributed by atoms with Gasteiger partial charge in [-0.15, -0.1) is 0 Å². The van der Waals surface area contributed by atoms with Crippen molar-refractivity contribution in [1.29, 1.82) is 0 Å². The molecule has 1 N–H and O–H groups in total. The fourth-order valence-electron chi connectivity index (χ4n) is 2.98. The Morgan fingerprint density at radius 1 is 1.19 bits per heavy atom. The largest absolute Gasteiger partial charge is 0.312 e. The molecule has 1 fully saturated rings. The van der Waals surface area contributed by atoms with E-state index in [-0.39, 0.29) is 5.54 Å². The first kappa shape index (κ1) is 14.0. The second-order valence-electron chi connectivity index (χ2n) is 6.84. The summed E-state index contributed by atoms with van der Waals surface area (Å²) >= 11 is 0. The number of hydrogen-bond donors (Lipinski definition) is 1. The average Bonchev–Trinajstić information content (AvgIpc) is 2.15. The van der Waals surface area contributed by atoms with Crippen LogP contribution in [0.25, 0.3) is 0 Å². The van der Waals surface area contributed by atoms with Crippen LogP contribution < -0.4 is 5.32 Å². The van der Waals surface area contributed by atoms with Crippen molar-refractivity contribution < 1.29 is 0 Å². The SMILES string of the molecule is CCCC1CCC(CNC(C)(C)C)C(C)C1. The predicted molar refractivity (Wildman–Crippen MR) is 72.7 cm³/mol. The Balaban J connectivity index is 2.30. The van der Waals surface area contributed by atoms with E-state index in [2.05, 4.69) is 39.9 Å². The lowest BCUT2D eigenvalue weighted by molar-refractivity contribution is 0.173. The van der Waals surface area contributed by atoms with Gasteiger partial charge in [-0.1, -0.05) is 33.1 Å². The van der Waals surface area contributed by atoms with Gasteiger partial charge in [0.15, 0.2) is 0 Å². The van der Waals surface area contributed by atoms with Gasteiger partial charge in [-0.2, -0.15) is 0 Å². The van der Waals surface area contributed by atoms with Crippen LogP contribution in [-0.2, 0) is 0 Å². The molecule has 0 bridgehead atoms. The average molecular weight is 225 g/mol. The molecule has 0 saturated heterocycles. The van der Waals surface area contributed by atoms with Gasteiger partial charge in [0.25, 0.3) is 0 Å². The summed E-state index contributed by atoms with van der Waals surface area (Å²) in [5.41, 5.74) is 0.278. The van der Waals surface area contributed by atoms with Crippen molar-refractivity contribution in [2.75, 3.05) is 6.54 Å². The molecule has 1 nitrogen and oxygen atoms in total. The summed E-state index contributed by atoms with van der Waals surface area (Å²) in [5, 5.41) is 3.67. The van der Waals surface area contributed by atoms with Gasteiger partial charge in [0.1, 0.15) is 0 Å². The van der Waals surface area contributed by atoms with Gasteiger partial charge in [-0.25, -0.2) is 0 Å². The highest BCUT2D eigenvalue weighted by atomic mass is 14.9. The topological polar surface area (TPSA) is 12.0 Å². The van der Waals surface area contributed by atoms with Gasteiger partial charge >= 0.3 is 0 Å². The highest BCUT2D eigenvalue weighted by Crippen LogP contribution is 2.35. The van der Waals surface area contributed by atoms with Crippen molar-refractivity contribution in [2.24, 2.45) is 17.8 Å². The van der Waals surface area contributed by atoms with E-state index in [9.17, 15) is 0 Å². The van der Waals surface area contributed by atoms with E-state index >= 15 is 0 Å². The lowest BCUT2D eigenvalue weighted by Crippen LogP contribution is -2.41.